The van der Waals surface area contributed by atoms with E-state index in [4.69, 9.17) is 25.8 Å². The summed E-state index contributed by atoms with van der Waals surface area (Å²) in [6.07, 6.45) is 4.15. The lowest BCUT2D eigenvalue weighted by Gasteiger charge is -2.17. The second-order valence-electron chi connectivity index (χ2n) is 5.99. The summed E-state index contributed by atoms with van der Waals surface area (Å²) >= 11 is 5.73. The predicted molar refractivity (Wildman–Crippen MR) is 94.4 cm³/mol. The molecule has 2 aliphatic heterocycles. The summed E-state index contributed by atoms with van der Waals surface area (Å²) in [6, 6.07) is 1.84. The number of aromatic amines is 1. The summed E-state index contributed by atoms with van der Waals surface area (Å²) in [4.78, 5) is 24.6. The maximum absolute atomic E-state index is 9.54. The van der Waals surface area contributed by atoms with E-state index in [2.05, 4.69) is 19.8 Å². The first-order chi connectivity index (χ1) is 12.4. The van der Waals surface area contributed by atoms with Crippen molar-refractivity contribution in [2.75, 3.05) is 27.4 Å². The number of nitrogens with zero attached hydrogens (tertiary/aromatic N) is 3. The number of nitrogens with one attached hydrogen (secondary N) is 1. The standard InChI is InChI=1S/C7H12O3.C6H4ClN3.C3H7NO2/c1-7(2)9-5-3-8-4-6(5)10-7;7-5-4-1-2-8-6(4)10-3-9-5;1-4(3-5)6-2/h5-6H,3-4H2,1-2H3;1-3H,(H,8,9,10);3H,1-2H3. The van der Waals surface area contributed by atoms with Crippen LogP contribution < -0.4 is 0 Å². The van der Waals surface area contributed by atoms with Gasteiger partial charge in [-0.1, -0.05) is 11.6 Å². The number of carbonyl (C=O) groups is 1. The van der Waals surface area contributed by atoms with Crippen molar-refractivity contribution >= 4 is 29.0 Å². The normalized spacial score (nSPS) is 22.7. The molecule has 0 saturated carbocycles. The molecule has 2 aromatic heterocycles. The van der Waals surface area contributed by atoms with Gasteiger partial charge in [0.05, 0.1) is 25.7 Å². The summed E-state index contributed by atoms with van der Waals surface area (Å²) in [7, 11) is 2.95. The molecule has 0 radical (unpaired) electrons. The summed E-state index contributed by atoms with van der Waals surface area (Å²) in [5.41, 5.74) is 0.778. The number of amides is 1. The smallest absolute Gasteiger partial charge is 0.233 e. The highest BCUT2D eigenvalue weighted by molar-refractivity contribution is 6.33. The largest absolute Gasteiger partial charge is 0.376 e. The van der Waals surface area contributed by atoms with Crippen LogP contribution in [0.2, 0.25) is 5.15 Å². The molecule has 144 valence electrons. The molecule has 9 nitrogen and oxygen atoms in total. The minimum atomic E-state index is -0.390. The number of fused-ring (bicyclic) bond motifs is 2. The van der Waals surface area contributed by atoms with E-state index in [0.29, 0.717) is 24.8 Å². The highest BCUT2D eigenvalue weighted by atomic mass is 35.5. The molecule has 26 heavy (non-hydrogen) atoms. The molecule has 0 aliphatic carbocycles. The topological polar surface area (TPSA) is 98.8 Å². The van der Waals surface area contributed by atoms with E-state index in [0.717, 1.165) is 16.1 Å². The predicted octanol–water partition coefficient (Wildman–Crippen LogP) is 1.78. The number of ether oxygens (including phenoxy) is 3. The maximum atomic E-state index is 9.54. The molecule has 0 spiro atoms. The highest BCUT2D eigenvalue weighted by Gasteiger charge is 2.44. The van der Waals surface area contributed by atoms with Crippen LogP contribution in [0.4, 0.5) is 0 Å². The molecule has 2 aromatic rings. The van der Waals surface area contributed by atoms with Gasteiger partial charge in [-0.2, -0.15) is 0 Å². The van der Waals surface area contributed by atoms with E-state index in [9.17, 15) is 4.79 Å². The van der Waals surface area contributed by atoms with Gasteiger partial charge in [-0.15, -0.1) is 0 Å². The SMILES string of the molecule is CC1(C)OC2COCC2O1.CON(C)C=O.Clc1ncnc2[nH]ccc12. The van der Waals surface area contributed by atoms with Crippen LogP contribution >= 0.6 is 11.6 Å². The molecule has 10 heteroatoms. The fraction of sp³-hybridized carbons (Fsp3) is 0.562. The molecule has 2 aliphatic rings. The number of hydroxylamine groups is 2. The number of carbonyl (C=O) groups excluding carboxylic acids is 1. The van der Waals surface area contributed by atoms with Crippen molar-refractivity contribution in [2.45, 2.75) is 31.8 Å². The van der Waals surface area contributed by atoms with Crippen LogP contribution in [-0.2, 0) is 23.8 Å². The zero-order valence-electron chi connectivity index (χ0n) is 15.1. The lowest BCUT2D eigenvalue weighted by Crippen LogP contribution is -2.23. The Kier molecular flexibility index (Phi) is 7.30. The number of rotatable bonds is 2. The molecule has 2 fully saturated rings. The van der Waals surface area contributed by atoms with E-state index in [1.165, 1.54) is 20.5 Å². The van der Waals surface area contributed by atoms with Gasteiger partial charge in [-0.05, 0) is 19.9 Å². The van der Waals surface area contributed by atoms with Gasteiger partial charge in [0.1, 0.15) is 29.3 Å². The summed E-state index contributed by atoms with van der Waals surface area (Å²) in [5.74, 6) is -0.390. The first-order valence-electron chi connectivity index (χ1n) is 7.95. The van der Waals surface area contributed by atoms with Crippen molar-refractivity contribution in [3.8, 4) is 0 Å². The average Bonchev–Trinajstić information content (AvgIpc) is 3.30. The average molecular weight is 387 g/mol. The van der Waals surface area contributed by atoms with Crippen molar-refractivity contribution in [3.05, 3.63) is 23.7 Å². The number of H-pyrrole nitrogens is 1. The van der Waals surface area contributed by atoms with E-state index >= 15 is 0 Å². The molecule has 2 saturated heterocycles. The van der Waals surface area contributed by atoms with Gasteiger partial charge in [0, 0.05) is 13.2 Å². The molecule has 1 amide bonds. The Morgan fingerprint density at radius 3 is 2.50 bits per heavy atom. The molecule has 4 heterocycles. The van der Waals surface area contributed by atoms with Crippen LogP contribution in [-0.4, -0.2) is 71.8 Å². The van der Waals surface area contributed by atoms with Crippen molar-refractivity contribution in [2.24, 2.45) is 0 Å². The van der Waals surface area contributed by atoms with E-state index in [1.54, 1.807) is 6.20 Å². The Bertz CT molecular complexity index is 697. The Morgan fingerprint density at radius 2 is 2.00 bits per heavy atom. The third-order valence-electron chi connectivity index (χ3n) is 3.59. The van der Waals surface area contributed by atoms with Gasteiger partial charge in [0.15, 0.2) is 5.79 Å². The zero-order chi connectivity index (χ0) is 19.2. The zero-order valence-corrected chi connectivity index (χ0v) is 15.9. The van der Waals surface area contributed by atoms with Gasteiger partial charge in [-0.25, -0.2) is 15.0 Å². The van der Waals surface area contributed by atoms with Crippen LogP contribution in [0.3, 0.4) is 0 Å². The Balaban J connectivity index is 0.000000146. The van der Waals surface area contributed by atoms with Gasteiger partial charge < -0.3 is 19.2 Å². The number of hydrogen-bond donors (Lipinski definition) is 1. The third kappa shape index (κ3) is 5.61. The first kappa shape index (κ1) is 20.5. The van der Waals surface area contributed by atoms with Gasteiger partial charge in [0.25, 0.3) is 0 Å². The molecule has 2 atom stereocenters. The van der Waals surface area contributed by atoms with Crippen LogP contribution in [0, 0.1) is 0 Å². The number of halogens is 1. The summed E-state index contributed by atoms with van der Waals surface area (Å²) in [5, 5.41) is 2.43. The van der Waals surface area contributed by atoms with Gasteiger partial charge >= 0.3 is 0 Å². The minimum absolute atomic E-state index is 0.176. The van der Waals surface area contributed by atoms with Crippen LogP contribution in [0.25, 0.3) is 11.0 Å². The lowest BCUT2D eigenvalue weighted by atomic mass is 10.3. The fourth-order valence-electron chi connectivity index (χ4n) is 2.38. The van der Waals surface area contributed by atoms with E-state index in [-0.39, 0.29) is 18.0 Å². The first-order valence-corrected chi connectivity index (χ1v) is 8.33. The van der Waals surface area contributed by atoms with Crippen LogP contribution in [0.15, 0.2) is 18.6 Å². The Hall–Kier alpha value is -1.78. The highest BCUT2D eigenvalue weighted by Crippen LogP contribution is 2.31. The summed E-state index contributed by atoms with van der Waals surface area (Å²) in [6.45, 7) is 5.25. The number of hydrogen-bond acceptors (Lipinski definition) is 7. The summed E-state index contributed by atoms with van der Waals surface area (Å²) < 4.78 is 16.2. The third-order valence-corrected chi connectivity index (χ3v) is 3.89. The molecule has 0 bridgehead atoms. The fourth-order valence-corrected chi connectivity index (χ4v) is 2.57. The van der Waals surface area contributed by atoms with Crippen molar-refractivity contribution < 1.29 is 23.8 Å². The second kappa shape index (κ2) is 9.24. The molecule has 1 N–H and O–H groups in total. The van der Waals surface area contributed by atoms with Crippen molar-refractivity contribution in [1.29, 1.82) is 0 Å². The lowest BCUT2D eigenvalue weighted by molar-refractivity contribution is -0.164. The molecule has 4 rings (SSSR count). The Labute approximate surface area is 156 Å². The quantitative estimate of drug-likeness (QED) is 0.477. The van der Waals surface area contributed by atoms with Crippen LogP contribution in [0.5, 0.6) is 0 Å². The van der Waals surface area contributed by atoms with Gasteiger partial charge in [-0.3, -0.25) is 9.63 Å². The second-order valence-corrected chi connectivity index (χ2v) is 6.35. The number of aromatic nitrogens is 3. The van der Waals surface area contributed by atoms with Crippen molar-refractivity contribution in [3.63, 3.8) is 0 Å². The van der Waals surface area contributed by atoms with Gasteiger partial charge in [0.2, 0.25) is 6.41 Å². The minimum Gasteiger partial charge on any atom is -0.376 e. The Morgan fingerprint density at radius 1 is 1.35 bits per heavy atom. The molecular weight excluding hydrogens is 364 g/mol. The maximum Gasteiger partial charge on any atom is 0.233 e. The molecular formula is C16H23ClN4O5. The molecule has 0 aromatic carbocycles. The monoisotopic (exact) mass is 386 g/mol. The van der Waals surface area contributed by atoms with Crippen LogP contribution in [0.1, 0.15) is 13.8 Å². The molecule has 2 unspecified atom stereocenters. The van der Waals surface area contributed by atoms with Crippen molar-refractivity contribution in [1.82, 2.24) is 20.0 Å². The van der Waals surface area contributed by atoms with E-state index < -0.39 is 0 Å². The van der Waals surface area contributed by atoms with E-state index in [1.807, 2.05) is 19.9 Å².